The second-order valence-corrected chi connectivity index (χ2v) is 5.90. The van der Waals surface area contributed by atoms with Gasteiger partial charge < -0.3 is 19.5 Å². The molecule has 2 heterocycles. The van der Waals surface area contributed by atoms with Gasteiger partial charge in [-0.3, -0.25) is 0 Å². The molecule has 0 fully saturated rings. The van der Waals surface area contributed by atoms with E-state index in [1.807, 2.05) is 6.92 Å². The molecule has 0 aliphatic carbocycles. The van der Waals surface area contributed by atoms with Gasteiger partial charge in [0.05, 0.1) is 19.9 Å². The van der Waals surface area contributed by atoms with E-state index < -0.39 is 12.0 Å². The summed E-state index contributed by atoms with van der Waals surface area (Å²) in [5.41, 5.74) is 2.10. The number of hydrogen-bond donors (Lipinski definition) is 1. The van der Waals surface area contributed by atoms with E-state index in [-0.39, 0.29) is 11.3 Å². The van der Waals surface area contributed by atoms with Crippen LogP contribution in [0.25, 0.3) is 11.6 Å². The highest BCUT2D eigenvalue weighted by Crippen LogP contribution is 2.40. The minimum atomic E-state index is -1.04. The zero-order valence-electron chi connectivity index (χ0n) is 14.1. The van der Waals surface area contributed by atoms with Crippen molar-refractivity contribution in [3.8, 4) is 11.5 Å². The normalized spacial score (nSPS) is 16.3. The predicted molar refractivity (Wildman–Crippen MR) is 95.6 cm³/mol. The van der Waals surface area contributed by atoms with Crippen LogP contribution in [0.2, 0.25) is 5.15 Å². The first-order chi connectivity index (χ1) is 12.0. The number of hydrogen-bond acceptors (Lipinski definition) is 5. The maximum Gasteiger partial charge on any atom is 0.172 e. The highest BCUT2D eigenvalue weighted by Gasteiger charge is 2.30. The van der Waals surface area contributed by atoms with E-state index in [0.29, 0.717) is 23.0 Å². The summed E-state index contributed by atoms with van der Waals surface area (Å²) in [6.45, 7) is 2.40. The molecule has 1 N–H and O–H groups in total. The minimum absolute atomic E-state index is 0.0468. The van der Waals surface area contributed by atoms with Gasteiger partial charge in [-0.05, 0) is 25.1 Å². The fourth-order valence-corrected chi connectivity index (χ4v) is 3.09. The molecule has 1 aliphatic rings. The minimum Gasteiger partial charge on any atom is -0.497 e. The van der Waals surface area contributed by atoms with Crippen LogP contribution in [-0.4, -0.2) is 37.1 Å². The Kier molecular flexibility index (Phi) is 4.83. The van der Waals surface area contributed by atoms with Gasteiger partial charge in [0, 0.05) is 35.5 Å². The Morgan fingerprint density at radius 3 is 2.68 bits per heavy atom. The van der Waals surface area contributed by atoms with Crippen LogP contribution in [0.15, 0.2) is 24.4 Å². The SMILES string of the molecule is CCN1c2cc(Cl)ncc2C=C(c2cc(OC)cc(OC)c2F)C1O. The lowest BCUT2D eigenvalue weighted by Crippen LogP contribution is -2.38. The van der Waals surface area contributed by atoms with Crippen LogP contribution in [0.5, 0.6) is 11.5 Å². The number of benzene rings is 1. The number of methoxy groups -OCH3 is 2. The Labute approximate surface area is 150 Å². The van der Waals surface area contributed by atoms with Gasteiger partial charge >= 0.3 is 0 Å². The standard InChI is InChI=1S/C18H18ClFN2O3/c1-4-22-14-8-16(19)21-9-10(14)5-13(18(22)23)12-6-11(24-2)7-15(25-3)17(12)20/h5-9,18,23H,4H2,1-3H3. The summed E-state index contributed by atoms with van der Waals surface area (Å²) >= 11 is 5.97. The molecule has 1 aromatic carbocycles. The van der Waals surface area contributed by atoms with Crippen molar-refractivity contribution < 1.29 is 19.0 Å². The third-order valence-corrected chi connectivity index (χ3v) is 4.40. The van der Waals surface area contributed by atoms with Crippen molar-refractivity contribution in [1.29, 1.82) is 0 Å². The lowest BCUT2D eigenvalue weighted by Gasteiger charge is -2.35. The van der Waals surface area contributed by atoms with Gasteiger partial charge in [0.15, 0.2) is 17.8 Å². The number of aliphatic hydroxyl groups is 1. The van der Waals surface area contributed by atoms with Crippen LogP contribution in [0.1, 0.15) is 18.1 Å². The van der Waals surface area contributed by atoms with E-state index in [1.165, 1.54) is 26.4 Å². The Morgan fingerprint density at radius 2 is 2.04 bits per heavy atom. The number of ether oxygens (including phenoxy) is 2. The lowest BCUT2D eigenvalue weighted by molar-refractivity contribution is 0.226. The molecule has 0 spiro atoms. The average Bonchev–Trinajstić information content (AvgIpc) is 2.62. The van der Waals surface area contributed by atoms with E-state index in [9.17, 15) is 9.50 Å². The smallest absolute Gasteiger partial charge is 0.172 e. The highest BCUT2D eigenvalue weighted by atomic mass is 35.5. The van der Waals surface area contributed by atoms with E-state index in [2.05, 4.69) is 4.98 Å². The van der Waals surface area contributed by atoms with E-state index in [0.717, 1.165) is 11.3 Å². The maximum atomic E-state index is 14.8. The highest BCUT2D eigenvalue weighted by molar-refractivity contribution is 6.29. The third-order valence-electron chi connectivity index (χ3n) is 4.19. The van der Waals surface area contributed by atoms with Gasteiger partial charge in [0.2, 0.25) is 0 Å². The zero-order valence-corrected chi connectivity index (χ0v) is 14.8. The summed E-state index contributed by atoms with van der Waals surface area (Å²) in [6, 6.07) is 4.68. The van der Waals surface area contributed by atoms with Crippen molar-refractivity contribution in [2.24, 2.45) is 0 Å². The quantitative estimate of drug-likeness (QED) is 0.840. The second-order valence-electron chi connectivity index (χ2n) is 5.52. The molecule has 3 rings (SSSR count). The molecule has 7 heteroatoms. The van der Waals surface area contributed by atoms with Crippen molar-refractivity contribution in [1.82, 2.24) is 4.98 Å². The predicted octanol–water partition coefficient (Wildman–Crippen LogP) is 3.59. The van der Waals surface area contributed by atoms with Crippen LogP contribution in [0, 0.1) is 5.82 Å². The fourth-order valence-electron chi connectivity index (χ4n) is 2.94. The number of rotatable bonds is 4. The van der Waals surface area contributed by atoms with Crippen molar-refractivity contribution in [3.05, 3.63) is 46.5 Å². The first kappa shape index (κ1) is 17.5. The number of halogens is 2. The van der Waals surface area contributed by atoms with E-state index >= 15 is 0 Å². The lowest BCUT2D eigenvalue weighted by atomic mass is 9.95. The number of aromatic nitrogens is 1. The third kappa shape index (κ3) is 3.03. The molecule has 2 aromatic rings. The maximum absolute atomic E-state index is 14.8. The average molecular weight is 365 g/mol. The molecule has 1 aromatic heterocycles. The van der Waals surface area contributed by atoms with Crippen molar-refractivity contribution in [2.75, 3.05) is 25.7 Å². The molecule has 0 radical (unpaired) electrons. The number of nitrogens with zero attached hydrogens (tertiary/aromatic N) is 2. The molecule has 1 aliphatic heterocycles. The molecule has 25 heavy (non-hydrogen) atoms. The Balaban J connectivity index is 2.22. The van der Waals surface area contributed by atoms with Crippen molar-refractivity contribution in [3.63, 3.8) is 0 Å². The summed E-state index contributed by atoms with van der Waals surface area (Å²) in [4.78, 5) is 5.80. The van der Waals surface area contributed by atoms with Gasteiger partial charge in [-0.25, -0.2) is 9.37 Å². The number of fused-ring (bicyclic) bond motifs is 1. The fraction of sp³-hybridized carbons (Fsp3) is 0.278. The van der Waals surface area contributed by atoms with Crippen LogP contribution >= 0.6 is 11.6 Å². The van der Waals surface area contributed by atoms with Crippen molar-refractivity contribution in [2.45, 2.75) is 13.2 Å². The topological polar surface area (TPSA) is 54.8 Å². The Hall–Kier alpha value is -2.31. The van der Waals surface area contributed by atoms with Crippen LogP contribution in [0.3, 0.4) is 0 Å². The second kappa shape index (κ2) is 6.90. The summed E-state index contributed by atoms with van der Waals surface area (Å²) < 4.78 is 25.1. The molecular weight excluding hydrogens is 347 g/mol. The molecular formula is C18H18ClFN2O3. The van der Waals surface area contributed by atoms with Gasteiger partial charge in [-0.15, -0.1) is 0 Å². The summed E-state index contributed by atoms with van der Waals surface area (Å²) in [5, 5.41) is 11.1. The van der Waals surface area contributed by atoms with E-state index in [1.54, 1.807) is 23.2 Å². The number of pyridine rings is 1. The molecule has 0 saturated carbocycles. The van der Waals surface area contributed by atoms with Gasteiger partial charge in [-0.2, -0.15) is 0 Å². The molecule has 1 atom stereocenters. The van der Waals surface area contributed by atoms with E-state index in [4.69, 9.17) is 21.1 Å². The van der Waals surface area contributed by atoms with Gasteiger partial charge in [-0.1, -0.05) is 11.6 Å². The van der Waals surface area contributed by atoms with Crippen LogP contribution in [-0.2, 0) is 0 Å². The number of likely N-dealkylation sites (N-methyl/N-ethyl adjacent to an activating group) is 1. The largest absolute Gasteiger partial charge is 0.497 e. The number of anilines is 1. The molecule has 132 valence electrons. The molecule has 0 bridgehead atoms. The Bertz CT molecular complexity index is 841. The van der Waals surface area contributed by atoms with Gasteiger partial charge in [0.1, 0.15) is 10.9 Å². The van der Waals surface area contributed by atoms with Crippen molar-refractivity contribution >= 4 is 28.9 Å². The monoisotopic (exact) mass is 364 g/mol. The molecule has 1 unspecified atom stereocenters. The summed E-state index contributed by atoms with van der Waals surface area (Å²) in [7, 11) is 2.87. The summed E-state index contributed by atoms with van der Waals surface area (Å²) in [5.74, 6) is -0.0787. The molecule has 0 amide bonds. The van der Waals surface area contributed by atoms with Crippen LogP contribution in [0.4, 0.5) is 10.1 Å². The first-order valence-corrected chi connectivity index (χ1v) is 8.11. The molecule has 5 nitrogen and oxygen atoms in total. The summed E-state index contributed by atoms with van der Waals surface area (Å²) in [6.07, 6.45) is 2.26. The van der Waals surface area contributed by atoms with Gasteiger partial charge in [0.25, 0.3) is 0 Å². The van der Waals surface area contributed by atoms with Crippen LogP contribution < -0.4 is 14.4 Å². The zero-order chi connectivity index (χ0) is 18.1. The number of aliphatic hydroxyl groups excluding tert-OH is 1. The first-order valence-electron chi connectivity index (χ1n) is 7.73. The Morgan fingerprint density at radius 1 is 1.28 bits per heavy atom. The molecule has 0 saturated heterocycles.